The number of ether oxygens (including phenoxy) is 2. The van der Waals surface area contributed by atoms with Crippen LogP contribution in [0.25, 0.3) is 11.0 Å². The normalized spacial score (nSPS) is 23.2. The van der Waals surface area contributed by atoms with Crippen molar-refractivity contribution in [3.63, 3.8) is 0 Å². The van der Waals surface area contributed by atoms with Gasteiger partial charge in [0.2, 0.25) is 0 Å². The number of anilines is 3. The first-order chi connectivity index (χ1) is 35.0. The van der Waals surface area contributed by atoms with Crippen molar-refractivity contribution in [2.45, 2.75) is 114 Å². The van der Waals surface area contributed by atoms with Crippen LogP contribution in [-0.4, -0.2) is 122 Å². The molecule has 1 amide bonds. The van der Waals surface area contributed by atoms with Crippen molar-refractivity contribution in [1.82, 2.24) is 19.5 Å². The van der Waals surface area contributed by atoms with E-state index in [0.717, 1.165) is 131 Å². The van der Waals surface area contributed by atoms with Gasteiger partial charge in [0, 0.05) is 99.4 Å². The van der Waals surface area contributed by atoms with E-state index in [9.17, 15) is 28.4 Å². The van der Waals surface area contributed by atoms with Gasteiger partial charge in [-0.2, -0.15) is 0 Å². The maximum atomic E-state index is 13.4. The van der Waals surface area contributed by atoms with E-state index in [1.807, 2.05) is 32.2 Å². The van der Waals surface area contributed by atoms with E-state index >= 15 is 0 Å². The number of amides is 1. The van der Waals surface area contributed by atoms with Crippen LogP contribution in [0.5, 0.6) is 5.75 Å². The standard InChI is InChI=1S/C55H70N8O9S/c1-37(2)71-50-8-6-5-7-45(50)49-36-59(35-41-34-57-52(61-25-27-70-28-26-61)51-46(41)29-38(3)72-51)23-24-62(49)43-31-55(32-43)19-21-60(22-20-55)42-11-9-40(10-12-42)53(64)58-73(68,69)44-13-14-47(48(30-44)63(66)67)56-33-39-15-17-54(4,65)18-16-39/h5-14,29-30,34,37,39,43,49,56,65H,15-28,31-33,35-36H2,1-4H3,(H,58,64)/t39?,49-,54?/m1/s1. The molecule has 3 aromatic carbocycles. The molecule has 2 aliphatic carbocycles. The molecule has 2 saturated carbocycles. The molecule has 0 bridgehead atoms. The highest BCUT2D eigenvalue weighted by molar-refractivity contribution is 7.90. The molecule has 390 valence electrons. The van der Waals surface area contributed by atoms with Crippen molar-refractivity contribution in [2.75, 3.05) is 80.7 Å². The van der Waals surface area contributed by atoms with Crippen LogP contribution in [0.2, 0.25) is 0 Å². The van der Waals surface area contributed by atoms with E-state index in [4.69, 9.17) is 18.9 Å². The SMILES string of the molecule is Cc1cc2c(CN3CCN(C4CC5(CCN(c6ccc(C(=O)NS(=O)(=O)c7ccc(NCC8CCC(C)(O)CC8)c([N+](=O)[O-])c7)cc6)CC5)C4)[C@@H](c4ccccc4OC(C)C)C3)cnc(N3CCOCC3)c2o1. The number of fused-ring (bicyclic) bond motifs is 1. The van der Waals surface area contributed by atoms with Crippen molar-refractivity contribution in [2.24, 2.45) is 11.3 Å². The lowest BCUT2D eigenvalue weighted by Gasteiger charge is -2.58. The number of aliphatic hydroxyl groups is 1. The number of nitro benzene ring substituents is 1. The lowest BCUT2D eigenvalue weighted by Crippen LogP contribution is -2.59. The maximum Gasteiger partial charge on any atom is 0.293 e. The summed E-state index contributed by atoms with van der Waals surface area (Å²) in [6, 6.07) is 21.9. The first kappa shape index (κ1) is 50.7. The molecular formula is C55H70N8O9S. The third kappa shape index (κ3) is 11.2. The van der Waals surface area contributed by atoms with Crippen molar-refractivity contribution in [3.8, 4) is 5.75 Å². The topological polar surface area (TPSA) is 196 Å². The molecule has 2 aromatic heterocycles. The molecule has 5 fully saturated rings. The lowest BCUT2D eigenvalue weighted by molar-refractivity contribution is -0.384. The number of furan rings is 1. The van der Waals surface area contributed by atoms with Gasteiger partial charge in [-0.25, -0.2) is 18.1 Å². The summed E-state index contributed by atoms with van der Waals surface area (Å²) < 4.78 is 47.3. The molecule has 0 unspecified atom stereocenters. The number of piperidine rings is 1. The number of hydrogen-bond donors (Lipinski definition) is 3. The van der Waals surface area contributed by atoms with Crippen LogP contribution in [0.4, 0.5) is 22.9 Å². The van der Waals surface area contributed by atoms with Gasteiger partial charge < -0.3 is 34.1 Å². The Hall–Kier alpha value is -5.79. The van der Waals surface area contributed by atoms with Gasteiger partial charge in [0.05, 0.1) is 40.8 Å². The third-order valence-electron chi connectivity index (χ3n) is 16.2. The minimum Gasteiger partial charge on any atom is -0.491 e. The summed E-state index contributed by atoms with van der Waals surface area (Å²) >= 11 is 0. The van der Waals surface area contributed by atoms with E-state index in [0.29, 0.717) is 38.6 Å². The van der Waals surface area contributed by atoms with Gasteiger partial charge in [-0.1, -0.05) is 18.2 Å². The van der Waals surface area contributed by atoms with Crippen LogP contribution in [0, 0.1) is 28.4 Å². The van der Waals surface area contributed by atoms with Crippen molar-refractivity contribution < 1.29 is 37.1 Å². The second-order valence-corrected chi connectivity index (χ2v) is 23.5. The number of aromatic nitrogens is 1. The Bertz CT molecular complexity index is 2900. The minimum absolute atomic E-state index is 0.0494. The maximum absolute atomic E-state index is 13.4. The number of aryl methyl sites for hydroxylation is 1. The van der Waals surface area contributed by atoms with Crippen LogP contribution in [0.1, 0.15) is 105 Å². The molecule has 5 heterocycles. The van der Waals surface area contributed by atoms with Crippen molar-refractivity contribution >= 4 is 49.8 Å². The number of pyridine rings is 1. The van der Waals surface area contributed by atoms with Gasteiger partial charge in [0.25, 0.3) is 21.6 Å². The number of nitrogens with zero attached hydrogens (tertiary/aromatic N) is 6. The van der Waals surface area contributed by atoms with Crippen LogP contribution < -0.4 is 24.6 Å². The Morgan fingerprint density at radius 3 is 2.38 bits per heavy atom. The minimum atomic E-state index is -4.43. The summed E-state index contributed by atoms with van der Waals surface area (Å²) in [5.41, 5.74) is 3.75. The van der Waals surface area contributed by atoms with Gasteiger partial charge >= 0.3 is 0 Å². The molecular weight excluding hydrogens is 949 g/mol. The zero-order chi connectivity index (χ0) is 51.1. The van der Waals surface area contributed by atoms with Crippen LogP contribution in [0.3, 0.4) is 0 Å². The smallest absolute Gasteiger partial charge is 0.293 e. The van der Waals surface area contributed by atoms with Crippen LogP contribution in [-0.2, 0) is 21.3 Å². The van der Waals surface area contributed by atoms with Crippen LogP contribution >= 0.6 is 0 Å². The highest BCUT2D eigenvalue weighted by Gasteiger charge is 2.50. The van der Waals surface area contributed by atoms with E-state index in [2.05, 4.69) is 73.8 Å². The number of nitro groups is 1. The highest BCUT2D eigenvalue weighted by atomic mass is 32.2. The Kier molecular flexibility index (Phi) is 14.5. The summed E-state index contributed by atoms with van der Waals surface area (Å²) in [6.45, 7) is 16.7. The molecule has 17 nitrogen and oxygen atoms in total. The molecule has 3 saturated heterocycles. The average Bonchev–Trinajstić information content (AvgIpc) is 3.77. The molecule has 10 rings (SSSR count). The highest BCUT2D eigenvalue weighted by Crippen LogP contribution is 2.53. The van der Waals surface area contributed by atoms with Gasteiger partial charge in [0.15, 0.2) is 11.4 Å². The summed E-state index contributed by atoms with van der Waals surface area (Å²) in [5, 5.41) is 26.5. The fourth-order valence-corrected chi connectivity index (χ4v) is 13.0. The second-order valence-electron chi connectivity index (χ2n) is 21.8. The molecule has 18 heteroatoms. The zero-order valence-electron chi connectivity index (χ0n) is 42.6. The molecule has 1 spiro atoms. The van der Waals surface area contributed by atoms with Gasteiger partial charge in [-0.3, -0.25) is 24.7 Å². The number of para-hydroxylation sites is 1. The first-order valence-electron chi connectivity index (χ1n) is 26.1. The fraction of sp³-hybridized carbons (Fsp3) is 0.527. The summed E-state index contributed by atoms with van der Waals surface area (Å²) in [6.07, 6.45) is 9.33. The predicted molar refractivity (Wildman–Crippen MR) is 281 cm³/mol. The van der Waals surface area contributed by atoms with Gasteiger partial charge in [-0.05, 0) is 144 Å². The van der Waals surface area contributed by atoms with Crippen molar-refractivity contribution in [1.29, 1.82) is 0 Å². The van der Waals surface area contributed by atoms with E-state index in [1.54, 1.807) is 12.1 Å². The number of rotatable bonds is 15. The zero-order valence-corrected chi connectivity index (χ0v) is 43.4. The Labute approximate surface area is 428 Å². The summed E-state index contributed by atoms with van der Waals surface area (Å²) in [7, 11) is -4.43. The summed E-state index contributed by atoms with van der Waals surface area (Å²) in [4.78, 5) is 39.3. The quantitative estimate of drug-likeness (QED) is 0.0667. The first-order valence-corrected chi connectivity index (χ1v) is 27.6. The third-order valence-corrected chi connectivity index (χ3v) is 17.5. The molecule has 1 atom stereocenters. The number of nitrogens with one attached hydrogen (secondary N) is 2. The monoisotopic (exact) mass is 1020 g/mol. The molecule has 0 radical (unpaired) electrons. The fourth-order valence-electron chi connectivity index (χ4n) is 12.0. The van der Waals surface area contributed by atoms with Gasteiger partial charge in [-0.15, -0.1) is 0 Å². The van der Waals surface area contributed by atoms with Crippen molar-refractivity contribution in [3.05, 3.63) is 112 Å². The molecule has 73 heavy (non-hydrogen) atoms. The number of morpholine rings is 1. The number of sulfonamides is 1. The molecule has 3 N–H and O–H groups in total. The number of carbonyl (C=O) groups excluding carboxylic acids is 1. The largest absolute Gasteiger partial charge is 0.491 e. The Morgan fingerprint density at radius 1 is 0.945 bits per heavy atom. The molecule has 5 aromatic rings. The van der Waals surface area contributed by atoms with E-state index in [-0.39, 0.29) is 39.6 Å². The molecule has 3 aliphatic heterocycles. The number of carbonyl (C=O) groups is 1. The van der Waals surface area contributed by atoms with E-state index < -0.39 is 32.1 Å². The molecule has 5 aliphatic rings. The Balaban J connectivity index is 0.757. The van der Waals surface area contributed by atoms with Crippen LogP contribution in [0.15, 0.2) is 88.3 Å². The lowest BCUT2D eigenvalue weighted by atomic mass is 9.59. The predicted octanol–water partition coefficient (Wildman–Crippen LogP) is 8.45. The summed E-state index contributed by atoms with van der Waals surface area (Å²) in [5.74, 6) is 2.13. The Morgan fingerprint density at radius 2 is 1.67 bits per heavy atom. The number of benzene rings is 3. The number of piperazine rings is 1. The van der Waals surface area contributed by atoms with E-state index in [1.165, 1.54) is 23.3 Å². The number of hydrogen-bond acceptors (Lipinski definition) is 15. The second kappa shape index (κ2) is 20.8. The van der Waals surface area contributed by atoms with Gasteiger partial charge in [0.1, 0.15) is 17.2 Å². The average molecular weight is 1020 g/mol.